The summed E-state index contributed by atoms with van der Waals surface area (Å²) in [6, 6.07) is 0. The summed E-state index contributed by atoms with van der Waals surface area (Å²) < 4.78 is 5.28. The Kier molecular flexibility index (Phi) is 2.09. The molecule has 0 aromatic carbocycles. The van der Waals surface area contributed by atoms with Crippen LogP contribution in [0.2, 0.25) is 0 Å². The number of hydrogen-bond acceptors (Lipinski definition) is 2. The second kappa shape index (κ2) is 2.67. The summed E-state index contributed by atoms with van der Waals surface area (Å²) >= 11 is 0. The molecule has 0 saturated carbocycles. The van der Waals surface area contributed by atoms with E-state index < -0.39 is 0 Å². The molecule has 2 nitrogen and oxygen atoms in total. The smallest absolute Gasteiger partial charge is 0.0834 e. The van der Waals surface area contributed by atoms with Gasteiger partial charge in [0.1, 0.15) is 0 Å². The second-order valence-electron chi connectivity index (χ2n) is 2.95. The van der Waals surface area contributed by atoms with E-state index in [0.717, 1.165) is 13.0 Å². The summed E-state index contributed by atoms with van der Waals surface area (Å²) in [7, 11) is 0. The van der Waals surface area contributed by atoms with Gasteiger partial charge >= 0.3 is 0 Å². The molecular formula is C7H14O2. The van der Waals surface area contributed by atoms with Crippen molar-refractivity contribution in [3.63, 3.8) is 0 Å². The maximum absolute atomic E-state index is 9.04. The molecule has 0 aromatic heterocycles. The van der Waals surface area contributed by atoms with Crippen molar-refractivity contribution in [3.05, 3.63) is 0 Å². The van der Waals surface area contributed by atoms with Gasteiger partial charge in [0.2, 0.25) is 0 Å². The summed E-state index contributed by atoms with van der Waals surface area (Å²) in [5.74, 6) is 0.629. The lowest BCUT2D eigenvalue weighted by Gasteiger charge is -2.11. The third-order valence-corrected chi connectivity index (χ3v) is 1.77. The van der Waals surface area contributed by atoms with E-state index in [4.69, 9.17) is 9.84 Å². The summed E-state index contributed by atoms with van der Waals surface area (Å²) in [6.45, 7) is 4.74. The number of aliphatic hydroxyl groups excluding tert-OH is 1. The minimum absolute atomic E-state index is 0.0972. The average Bonchev–Trinajstić information content (AvgIpc) is 2.14. The fourth-order valence-corrected chi connectivity index (χ4v) is 1.16. The van der Waals surface area contributed by atoms with Crippen LogP contribution in [0.15, 0.2) is 0 Å². The molecule has 9 heavy (non-hydrogen) atoms. The Hall–Kier alpha value is -0.0800. The first-order valence-electron chi connectivity index (χ1n) is 3.50. The number of rotatable bonds is 1. The fourth-order valence-electron chi connectivity index (χ4n) is 1.16. The molecule has 0 amide bonds. The molecule has 0 radical (unpaired) electrons. The molecule has 1 N–H and O–H groups in total. The molecule has 1 heterocycles. The Labute approximate surface area is 55.8 Å². The first-order chi connectivity index (χ1) is 4.20. The lowest BCUT2D eigenvalue weighted by atomic mass is 10.1. The zero-order valence-electron chi connectivity index (χ0n) is 6.00. The Morgan fingerprint density at radius 3 is 2.56 bits per heavy atom. The van der Waals surface area contributed by atoms with Crippen LogP contribution in [-0.2, 0) is 4.74 Å². The molecule has 0 aliphatic carbocycles. The molecule has 1 rings (SSSR count). The van der Waals surface area contributed by atoms with Crippen LogP contribution in [0.5, 0.6) is 0 Å². The van der Waals surface area contributed by atoms with Crippen molar-refractivity contribution in [1.82, 2.24) is 0 Å². The molecule has 3 atom stereocenters. The van der Waals surface area contributed by atoms with E-state index in [9.17, 15) is 0 Å². The molecule has 0 bridgehead atoms. The van der Waals surface area contributed by atoms with Crippen LogP contribution in [0.4, 0.5) is 0 Å². The molecule has 1 saturated heterocycles. The van der Waals surface area contributed by atoms with Crippen molar-refractivity contribution in [2.75, 3.05) is 6.61 Å². The van der Waals surface area contributed by atoms with Crippen LogP contribution < -0.4 is 0 Å². The normalized spacial score (nSPS) is 39.0. The molecular weight excluding hydrogens is 116 g/mol. The van der Waals surface area contributed by atoms with Gasteiger partial charge in [-0.1, -0.05) is 6.92 Å². The average molecular weight is 130 g/mol. The molecule has 1 fully saturated rings. The number of ether oxygens (including phenoxy) is 1. The SMILES string of the molecule is C[C@@H]1CO[C@H]([C@H](C)O)C1. The lowest BCUT2D eigenvalue weighted by Crippen LogP contribution is -2.21. The van der Waals surface area contributed by atoms with Crippen molar-refractivity contribution in [3.8, 4) is 0 Å². The van der Waals surface area contributed by atoms with E-state index in [0.29, 0.717) is 5.92 Å². The van der Waals surface area contributed by atoms with Crippen molar-refractivity contribution in [1.29, 1.82) is 0 Å². The van der Waals surface area contributed by atoms with E-state index in [1.54, 1.807) is 6.92 Å². The first kappa shape index (κ1) is 7.03. The van der Waals surface area contributed by atoms with Crippen LogP contribution in [0, 0.1) is 5.92 Å². The maximum atomic E-state index is 9.04. The van der Waals surface area contributed by atoms with Gasteiger partial charge in [-0.2, -0.15) is 0 Å². The topological polar surface area (TPSA) is 29.5 Å². The number of aliphatic hydroxyl groups is 1. The van der Waals surface area contributed by atoms with E-state index in [2.05, 4.69) is 6.92 Å². The van der Waals surface area contributed by atoms with Gasteiger partial charge in [-0.3, -0.25) is 0 Å². The minimum atomic E-state index is -0.296. The largest absolute Gasteiger partial charge is 0.391 e. The third-order valence-electron chi connectivity index (χ3n) is 1.77. The molecule has 54 valence electrons. The van der Waals surface area contributed by atoms with Gasteiger partial charge in [-0.15, -0.1) is 0 Å². The molecule has 0 aromatic rings. The molecule has 1 aliphatic rings. The highest BCUT2D eigenvalue weighted by molar-refractivity contribution is 4.73. The fraction of sp³-hybridized carbons (Fsp3) is 1.00. The Morgan fingerprint density at radius 1 is 1.67 bits per heavy atom. The zero-order valence-corrected chi connectivity index (χ0v) is 6.00. The monoisotopic (exact) mass is 130 g/mol. The second-order valence-corrected chi connectivity index (χ2v) is 2.95. The Bertz CT molecular complexity index is 90.9. The summed E-state index contributed by atoms with van der Waals surface area (Å²) in [5, 5.41) is 9.04. The standard InChI is InChI=1S/C7H14O2/c1-5-3-7(6(2)8)9-4-5/h5-8H,3-4H2,1-2H3/t5-,6-,7-/m0/s1. The van der Waals surface area contributed by atoms with Gasteiger partial charge in [0.25, 0.3) is 0 Å². The van der Waals surface area contributed by atoms with Crippen molar-refractivity contribution < 1.29 is 9.84 Å². The summed E-state index contributed by atoms with van der Waals surface area (Å²) in [4.78, 5) is 0. The molecule has 1 aliphatic heterocycles. The highest BCUT2D eigenvalue weighted by atomic mass is 16.5. The maximum Gasteiger partial charge on any atom is 0.0834 e. The van der Waals surface area contributed by atoms with Gasteiger partial charge < -0.3 is 9.84 Å². The van der Waals surface area contributed by atoms with Gasteiger partial charge in [0, 0.05) is 6.61 Å². The number of hydrogen-bond donors (Lipinski definition) is 1. The van der Waals surface area contributed by atoms with Crippen LogP contribution >= 0.6 is 0 Å². The van der Waals surface area contributed by atoms with Gasteiger partial charge in [0.15, 0.2) is 0 Å². The van der Waals surface area contributed by atoms with Crippen molar-refractivity contribution in [2.45, 2.75) is 32.5 Å². The van der Waals surface area contributed by atoms with Crippen LogP contribution in [0.1, 0.15) is 20.3 Å². The predicted molar refractivity (Wildman–Crippen MR) is 35.2 cm³/mol. The summed E-state index contributed by atoms with van der Waals surface area (Å²) in [6.07, 6.45) is 0.812. The van der Waals surface area contributed by atoms with E-state index in [-0.39, 0.29) is 12.2 Å². The molecule has 0 spiro atoms. The quantitative estimate of drug-likeness (QED) is 0.568. The van der Waals surface area contributed by atoms with Gasteiger partial charge in [-0.05, 0) is 19.3 Å². The highest BCUT2D eigenvalue weighted by Crippen LogP contribution is 2.20. The predicted octanol–water partition coefficient (Wildman–Crippen LogP) is 0.792. The third kappa shape index (κ3) is 1.66. The highest BCUT2D eigenvalue weighted by Gasteiger charge is 2.25. The van der Waals surface area contributed by atoms with Crippen molar-refractivity contribution >= 4 is 0 Å². The van der Waals surface area contributed by atoms with Crippen molar-refractivity contribution in [2.24, 2.45) is 5.92 Å². The Morgan fingerprint density at radius 2 is 2.33 bits per heavy atom. The zero-order chi connectivity index (χ0) is 6.85. The molecule has 0 unspecified atom stereocenters. The minimum Gasteiger partial charge on any atom is -0.391 e. The molecule has 2 heteroatoms. The summed E-state index contributed by atoms with van der Waals surface area (Å²) in [5.41, 5.74) is 0. The van der Waals surface area contributed by atoms with E-state index in [1.165, 1.54) is 0 Å². The van der Waals surface area contributed by atoms with E-state index >= 15 is 0 Å². The van der Waals surface area contributed by atoms with Gasteiger partial charge in [0.05, 0.1) is 12.2 Å². The Balaban J connectivity index is 2.30. The van der Waals surface area contributed by atoms with Crippen LogP contribution in [-0.4, -0.2) is 23.9 Å². The lowest BCUT2D eigenvalue weighted by molar-refractivity contribution is 0.00797. The van der Waals surface area contributed by atoms with Crippen LogP contribution in [0.25, 0.3) is 0 Å². The van der Waals surface area contributed by atoms with E-state index in [1.807, 2.05) is 0 Å². The van der Waals surface area contributed by atoms with Gasteiger partial charge in [-0.25, -0.2) is 0 Å². The van der Waals surface area contributed by atoms with Crippen LogP contribution in [0.3, 0.4) is 0 Å². The first-order valence-corrected chi connectivity index (χ1v) is 3.50.